The van der Waals surface area contributed by atoms with Crippen LogP contribution in [0.25, 0.3) is 0 Å². The first-order valence-corrected chi connectivity index (χ1v) is 9.61. The molecule has 0 unspecified atom stereocenters. The first kappa shape index (κ1) is 19.2. The molecule has 0 saturated heterocycles. The fourth-order valence-corrected chi connectivity index (χ4v) is 3.66. The van der Waals surface area contributed by atoms with Crippen molar-refractivity contribution in [3.63, 3.8) is 0 Å². The van der Waals surface area contributed by atoms with Gasteiger partial charge in [-0.05, 0) is 61.1 Å². The lowest BCUT2D eigenvalue weighted by molar-refractivity contribution is 0.322. The van der Waals surface area contributed by atoms with E-state index in [0.29, 0.717) is 16.7 Å². The maximum atomic E-state index is 13.3. The summed E-state index contributed by atoms with van der Waals surface area (Å²) in [5, 5.41) is 5.97. The van der Waals surface area contributed by atoms with Gasteiger partial charge in [-0.25, -0.2) is 4.39 Å². The van der Waals surface area contributed by atoms with Crippen molar-refractivity contribution >= 4 is 46.0 Å². The number of rotatable bonds is 6. The Kier molecular flexibility index (Phi) is 7.02. The van der Waals surface area contributed by atoms with Gasteiger partial charge in [0, 0.05) is 17.1 Å². The van der Waals surface area contributed by atoms with Gasteiger partial charge in [-0.3, -0.25) is 0 Å². The predicted molar refractivity (Wildman–Crippen MR) is 107 cm³/mol. The Morgan fingerprint density at radius 2 is 2.08 bits per heavy atom. The summed E-state index contributed by atoms with van der Waals surface area (Å²) in [7, 11) is 0. The van der Waals surface area contributed by atoms with Gasteiger partial charge >= 0.3 is 0 Å². The van der Waals surface area contributed by atoms with E-state index in [1.165, 1.54) is 10.9 Å². The van der Waals surface area contributed by atoms with Gasteiger partial charge in [-0.1, -0.05) is 31.5 Å². The molecule has 0 spiro atoms. The molecule has 2 nitrogen and oxygen atoms in total. The molecule has 0 amide bonds. The standard InChI is InChI=1S/C18H22ClFN2S2/c1-12(2)8-9-22(13(3)17-5-4-10-24-17)18(23)21-14-6-7-16(20)15(19)11-14/h4-7,10-13H,8-9H2,1-3H3,(H,21,23)/t13-/m1/s1. The molecule has 1 aromatic carbocycles. The topological polar surface area (TPSA) is 15.3 Å². The van der Waals surface area contributed by atoms with E-state index in [-0.39, 0.29) is 11.1 Å². The largest absolute Gasteiger partial charge is 0.341 e. The molecule has 1 aromatic heterocycles. The van der Waals surface area contributed by atoms with Crippen LogP contribution in [-0.2, 0) is 0 Å². The van der Waals surface area contributed by atoms with Crippen LogP contribution >= 0.6 is 35.2 Å². The van der Waals surface area contributed by atoms with Gasteiger partial charge in [0.1, 0.15) is 5.82 Å². The molecule has 0 aliphatic rings. The van der Waals surface area contributed by atoms with Crippen molar-refractivity contribution in [1.82, 2.24) is 4.90 Å². The molecule has 1 heterocycles. The van der Waals surface area contributed by atoms with Crippen molar-refractivity contribution in [2.24, 2.45) is 5.92 Å². The zero-order chi connectivity index (χ0) is 17.7. The highest BCUT2D eigenvalue weighted by Gasteiger charge is 2.20. The molecular formula is C18H22ClFN2S2. The summed E-state index contributed by atoms with van der Waals surface area (Å²) >= 11 is 13.2. The zero-order valence-corrected chi connectivity index (χ0v) is 16.4. The monoisotopic (exact) mass is 384 g/mol. The van der Waals surface area contributed by atoms with Crippen molar-refractivity contribution in [1.29, 1.82) is 0 Å². The van der Waals surface area contributed by atoms with Crippen LogP contribution in [0.3, 0.4) is 0 Å². The Hall–Kier alpha value is -1.17. The van der Waals surface area contributed by atoms with Crippen molar-refractivity contribution in [2.75, 3.05) is 11.9 Å². The number of benzene rings is 1. The van der Waals surface area contributed by atoms with Gasteiger partial charge in [-0.15, -0.1) is 11.3 Å². The third-order valence-electron chi connectivity index (χ3n) is 3.80. The molecule has 1 atom stereocenters. The average molecular weight is 385 g/mol. The average Bonchev–Trinajstić information content (AvgIpc) is 3.05. The summed E-state index contributed by atoms with van der Waals surface area (Å²) in [5.41, 5.74) is 0.694. The molecule has 0 bridgehead atoms. The fraction of sp³-hybridized carbons (Fsp3) is 0.389. The van der Waals surface area contributed by atoms with Crippen LogP contribution in [0.1, 0.15) is 38.1 Å². The summed E-state index contributed by atoms with van der Waals surface area (Å²) in [6.45, 7) is 7.41. The second kappa shape index (κ2) is 8.79. The van der Waals surface area contributed by atoms with Crippen LogP contribution < -0.4 is 5.32 Å². The Morgan fingerprint density at radius 1 is 1.33 bits per heavy atom. The highest BCUT2D eigenvalue weighted by Crippen LogP contribution is 2.27. The van der Waals surface area contributed by atoms with E-state index in [2.05, 4.69) is 42.4 Å². The van der Waals surface area contributed by atoms with Gasteiger partial charge in [0.2, 0.25) is 0 Å². The number of hydrogen-bond acceptors (Lipinski definition) is 2. The second-order valence-corrected chi connectivity index (χ2v) is 7.90. The Bertz CT molecular complexity index is 674. The third-order valence-corrected chi connectivity index (χ3v) is 5.47. The van der Waals surface area contributed by atoms with Gasteiger partial charge < -0.3 is 10.2 Å². The van der Waals surface area contributed by atoms with Crippen LogP contribution in [0.2, 0.25) is 5.02 Å². The Balaban J connectivity index is 2.15. The minimum Gasteiger partial charge on any atom is -0.341 e. The number of halogens is 2. The molecule has 0 aliphatic heterocycles. The zero-order valence-electron chi connectivity index (χ0n) is 14.1. The van der Waals surface area contributed by atoms with Crippen LogP contribution in [0.4, 0.5) is 10.1 Å². The number of anilines is 1. The lowest BCUT2D eigenvalue weighted by Gasteiger charge is -2.32. The van der Waals surface area contributed by atoms with Gasteiger partial charge in [-0.2, -0.15) is 0 Å². The van der Waals surface area contributed by atoms with E-state index >= 15 is 0 Å². The Labute approximate surface area is 157 Å². The summed E-state index contributed by atoms with van der Waals surface area (Å²) < 4.78 is 13.3. The minimum atomic E-state index is -0.434. The van der Waals surface area contributed by atoms with Crippen LogP contribution in [0.15, 0.2) is 35.7 Å². The van der Waals surface area contributed by atoms with E-state index < -0.39 is 5.82 Å². The van der Waals surface area contributed by atoms with E-state index in [0.717, 1.165) is 13.0 Å². The van der Waals surface area contributed by atoms with Crippen LogP contribution in [0, 0.1) is 11.7 Å². The van der Waals surface area contributed by atoms with Crippen molar-refractivity contribution in [3.8, 4) is 0 Å². The number of hydrogen-bond donors (Lipinski definition) is 1. The molecule has 2 aromatic rings. The normalized spacial score (nSPS) is 12.2. The molecule has 0 radical (unpaired) electrons. The third kappa shape index (κ3) is 5.16. The maximum Gasteiger partial charge on any atom is 0.173 e. The predicted octanol–water partition coefficient (Wildman–Crippen LogP) is 6.35. The quantitative estimate of drug-likeness (QED) is 0.584. The summed E-state index contributed by atoms with van der Waals surface area (Å²) in [6, 6.07) is 8.89. The number of thiophene rings is 1. The first-order valence-electron chi connectivity index (χ1n) is 7.94. The van der Waals surface area contributed by atoms with E-state index in [9.17, 15) is 4.39 Å². The van der Waals surface area contributed by atoms with E-state index in [4.69, 9.17) is 23.8 Å². The number of nitrogens with zero attached hydrogens (tertiary/aromatic N) is 1. The molecule has 1 N–H and O–H groups in total. The van der Waals surface area contributed by atoms with Crippen molar-refractivity contribution in [2.45, 2.75) is 33.2 Å². The van der Waals surface area contributed by atoms with Crippen molar-refractivity contribution in [3.05, 3.63) is 51.4 Å². The number of thiocarbonyl (C=S) groups is 1. The van der Waals surface area contributed by atoms with E-state index in [1.54, 1.807) is 23.5 Å². The molecule has 24 heavy (non-hydrogen) atoms. The van der Waals surface area contributed by atoms with E-state index in [1.807, 2.05) is 6.07 Å². The maximum absolute atomic E-state index is 13.3. The molecule has 0 saturated carbocycles. The Morgan fingerprint density at radius 3 is 2.67 bits per heavy atom. The second-order valence-electron chi connectivity index (χ2n) is 6.13. The highest BCUT2D eigenvalue weighted by molar-refractivity contribution is 7.80. The molecule has 0 aliphatic carbocycles. The molecule has 6 heteroatoms. The fourth-order valence-electron chi connectivity index (χ4n) is 2.32. The van der Waals surface area contributed by atoms with Gasteiger partial charge in [0.25, 0.3) is 0 Å². The minimum absolute atomic E-state index is 0.0860. The van der Waals surface area contributed by atoms with Gasteiger partial charge in [0.15, 0.2) is 5.11 Å². The molecule has 2 rings (SSSR count). The first-order chi connectivity index (χ1) is 11.4. The lowest BCUT2D eigenvalue weighted by atomic mass is 10.1. The number of nitrogens with one attached hydrogen (secondary N) is 1. The smallest absolute Gasteiger partial charge is 0.173 e. The highest BCUT2D eigenvalue weighted by atomic mass is 35.5. The summed E-state index contributed by atoms with van der Waals surface area (Å²) in [4.78, 5) is 3.44. The van der Waals surface area contributed by atoms with Crippen LogP contribution in [-0.4, -0.2) is 16.6 Å². The summed E-state index contributed by atoms with van der Waals surface area (Å²) in [6.07, 6.45) is 1.04. The molecular weight excluding hydrogens is 363 g/mol. The van der Waals surface area contributed by atoms with Gasteiger partial charge in [0.05, 0.1) is 11.1 Å². The summed E-state index contributed by atoms with van der Waals surface area (Å²) in [5.74, 6) is 0.155. The molecule has 0 fully saturated rings. The molecule has 130 valence electrons. The van der Waals surface area contributed by atoms with Crippen LogP contribution in [0.5, 0.6) is 0 Å². The SMILES string of the molecule is CC(C)CCN(C(=S)Nc1ccc(F)c(Cl)c1)[C@H](C)c1cccs1. The van der Waals surface area contributed by atoms with Crippen molar-refractivity contribution < 1.29 is 4.39 Å². The lowest BCUT2D eigenvalue weighted by Crippen LogP contribution is -2.37.